The van der Waals surface area contributed by atoms with Gasteiger partial charge in [0.15, 0.2) is 0 Å². The minimum Gasteiger partial charge on any atom is -0.374 e. The van der Waals surface area contributed by atoms with Crippen molar-refractivity contribution in [3.63, 3.8) is 0 Å². The molecule has 0 bridgehead atoms. The molecule has 32 heavy (non-hydrogen) atoms. The fraction of sp³-hybridized carbons (Fsp3) is 0.115. The number of hydrogen-bond donors (Lipinski definition) is 2. The van der Waals surface area contributed by atoms with Crippen molar-refractivity contribution in [2.75, 3.05) is 15.6 Å². The first-order chi connectivity index (χ1) is 15.4. The predicted octanol–water partition coefficient (Wildman–Crippen LogP) is 6.85. The van der Waals surface area contributed by atoms with Crippen molar-refractivity contribution in [1.82, 2.24) is 0 Å². The molecule has 1 aliphatic rings. The van der Waals surface area contributed by atoms with Gasteiger partial charge < -0.3 is 10.6 Å². The molecule has 3 aromatic rings. The number of hydrazone groups is 1. The van der Waals surface area contributed by atoms with Crippen LogP contribution in [-0.2, 0) is 0 Å². The number of nitrogens with zero attached hydrogens (tertiary/aromatic N) is 2. The number of hydrogen-bond acceptors (Lipinski definition) is 4. The van der Waals surface area contributed by atoms with Gasteiger partial charge in [-0.15, -0.1) is 0 Å². The molecule has 0 saturated carbocycles. The van der Waals surface area contributed by atoms with Crippen LogP contribution < -0.4 is 15.6 Å². The standard InChI is InChI=1S/C26H24F2N4/c1-17-7-10-20(15-23(17)28)30-25-5-4-6-26-22(25)13-14-24(31-26)18(2)16-32(29-3)21-11-8-19(27)9-12-21/h4-16,24,30-31H,3H2,1-2H3/b18-16+. The smallest absolute Gasteiger partial charge is 0.128 e. The van der Waals surface area contributed by atoms with Gasteiger partial charge in [0.25, 0.3) is 0 Å². The second-order valence-electron chi connectivity index (χ2n) is 7.67. The van der Waals surface area contributed by atoms with Crippen LogP contribution in [0.1, 0.15) is 18.1 Å². The van der Waals surface area contributed by atoms with E-state index >= 15 is 0 Å². The Balaban J connectivity index is 1.55. The maximum absolute atomic E-state index is 13.9. The van der Waals surface area contributed by atoms with Gasteiger partial charge in [0.05, 0.1) is 11.7 Å². The van der Waals surface area contributed by atoms with E-state index in [9.17, 15) is 8.78 Å². The third-order valence-corrected chi connectivity index (χ3v) is 5.38. The lowest BCUT2D eigenvalue weighted by Gasteiger charge is -2.26. The molecule has 1 heterocycles. The van der Waals surface area contributed by atoms with Gasteiger partial charge in [-0.3, -0.25) is 0 Å². The maximum atomic E-state index is 13.9. The molecule has 0 aromatic heterocycles. The number of benzene rings is 3. The molecule has 1 atom stereocenters. The zero-order chi connectivity index (χ0) is 22.7. The van der Waals surface area contributed by atoms with Crippen LogP contribution in [0, 0.1) is 18.6 Å². The largest absolute Gasteiger partial charge is 0.374 e. The third kappa shape index (κ3) is 4.54. The molecule has 0 spiro atoms. The minimum atomic E-state index is -0.301. The summed E-state index contributed by atoms with van der Waals surface area (Å²) in [6, 6.07) is 17.1. The number of rotatable bonds is 6. The van der Waals surface area contributed by atoms with Crippen LogP contribution >= 0.6 is 0 Å². The van der Waals surface area contributed by atoms with E-state index in [2.05, 4.69) is 28.5 Å². The number of nitrogens with one attached hydrogen (secondary N) is 2. The fourth-order valence-corrected chi connectivity index (χ4v) is 3.54. The van der Waals surface area contributed by atoms with E-state index in [4.69, 9.17) is 0 Å². The van der Waals surface area contributed by atoms with Crippen molar-refractivity contribution < 1.29 is 8.78 Å². The average Bonchev–Trinajstić information content (AvgIpc) is 2.80. The Labute approximate surface area is 186 Å². The van der Waals surface area contributed by atoms with Crippen molar-refractivity contribution >= 4 is 35.5 Å². The number of halogens is 2. The summed E-state index contributed by atoms with van der Waals surface area (Å²) in [4.78, 5) is 0. The van der Waals surface area contributed by atoms with Gasteiger partial charge in [-0.25, -0.2) is 13.8 Å². The van der Waals surface area contributed by atoms with Crippen LogP contribution in [-0.4, -0.2) is 12.8 Å². The Hall–Kier alpha value is -3.93. The monoisotopic (exact) mass is 430 g/mol. The van der Waals surface area contributed by atoms with Crippen molar-refractivity contribution in [1.29, 1.82) is 0 Å². The van der Waals surface area contributed by atoms with E-state index in [-0.39, 0.29) is 17.7 Å². The fourth-order valence-electron chi connectivity index (χ4n) is 3.54. The summed E-state index contributed by atoms with van der Waals surface area (Å²) in [5.41, 5.74) is 5.87. The Morgan fingerprint density at radius 3 is 2.62 bits per heavy atom. The Kier molecular flexibility index (Phi) is 6.03. The molecule has 0 aliphatic carbocycles. The van der Waals surface area contributed by atoms with Gasteiger partial charge in [-0.1, -0.05) is 24.3 Å². The first-order valence-corrected chi connectivity index (χ1v) is 10.3. The van der Waals surface area contributed by atoms with Crippen molar-refractivity contribution in [3.05, 3.63) is 101 Å². The van der Waals surface area contributed by atoms with Gasteiger partial charge in [0, 0.05) is 35.5 Å². The Morgan fingerprint density at radius 1 is 1.12 bits per heavy atom. The molecular formula is C26H24F2N4. The second kappa shape index (κ2) is 9.06. The summed E-state index contributed by atoms with van der Waals surface area (Å²) >= 11 is 0. The molecule has 0 saturated heterocycles. The lowest BCUT2D eigenvalue weighted by Crippen LogP contribution is -2.23. The van der Waals surface area contributed by atoms with Crippen LogP contribution in [0.2, 0.25) is 0 Å². The second-order valence-corrected chi connectivity index (χ2v) is 7.67. The molecule has 4 rings (SSSR count). The summed E-state index contributed by atoms with van der Waals surface area (Å²) in [6.07, 6.45) is 5.97. The molecule has 6 heteroatoms. The van der Waals surface area contributed by atoms with Crippen LogP contribution in [0.4, 0.5) is 31.5 Å². The van der Waals surface area contributed by atoms with Crippen molar-refractivity contribution in [2.45, 2.75) is 19.9 Å². The summed E-state index contributed by atoms with van der Waals surface area (Å²) in [5, 5.41) is 12.5. The number of aryl methyl sites for hydroxylation is 1. The summed E-state index contributed by atoms with van der Waals surface area (Å²) in [5.74, 6) is -0.541. The van der Waals surface area contributed by atoms with Gasteiger partial charge in [0.1, 0.15) is 11.6 Å². The first kappa shape index (κ1) is 21.3. The molecular weight excluding hydrogens is 406 g/mol. The number of anilines is 4. The molecule has 0 amide bonds. The predicted molar refractivity (Wildman–Crippen MR) is 129 cm³/mol. The zero-order valence-corrected chi connectivity index (χ0v) is 17.9. The summed E-state index contributed by atoms with van der Waals surface area (Å²) in [6.45, 7) is 7.35. The molecule has 1 aliphatic heterocycles. The zero-order valence-electron chi connectivity index (χ0n) is 17.9. The highest BCUT2D eigenvalue weighted by molar-refractivity contribution is 5.83. The average molecular weight is 431 g/mol. The first-order valence-electron chi connectivity index (χ1n) is 10.3. The molecule has 2 N–H and O–H groups in total. The highest BCUT2D eigenvalue weighted by Crippen LogP contribution is 2.33. The highest BCUT2D eigenvalue weighted by Gasteiger charge is 2.17. The van der Waals surface area contributed by atoms with Gasteiger partial charge >= 0.3 is 0 Å². The molecule has 162 valence electrons. The summed E-state index contributed by atoms with van der Waals surface area (Å²) in [7, 11) is 0. The van der Waals surface area contributed by atoms with Crippen LogP contribution in [0.25, 0.3) is 6.08 Å². The molecule has 1 unspecified atom stereocenters. The minimum absolute atomic E-state index is 0.0562. The van der Waals surface area contributed by atoms with E-state index in [1.165, 1.54) is 18.2 Å². The molecule has 4 nitrogen and oxygen atoms in total. The van der Waals surface area contributed by atoms with Crippen molar-refractivity contribution in [2.24, 2.45) is 5.10 Å². The third-order valence-electron chi connectivity index (χ3n) is 5.38. The summed E-state index contributed by atoms with van der Waals surface area (Å²) < 4.78 is 27.2. The van der Waals surface area contributed by atoms with E-state index in [1.54, 1.807) is 30.1 Å². The van der Waals surface area contributed by atoms with Gasteiger partial charge in [-0.2, -0.15) is 5.10 Å². The quantitative estimate of drug-likeness (QED) is 0.332. The van der Waals surface area contributed by atoms with E-state index in [0.29, 0.717) is 11.3 Å². The number of fused-ring (bicyclic) bond motifs is 1. The Bertz CT molecular complexity index is 1200. The topological polar surface area (TPSA) is 39.7 Å². The SMILES string of the molecule is C=NN(/C=C(\C)C1C=Cc2c(Nc3ccc(C)c(F)c3)cccc2N1)c1ccc(F)cc1. The van der Waals surface area contributed by atoms with Gasteiger partial charge in [-0.05, 0) is 73.5 Å². The normalized spacial score (nSPS) is 15.0. The lowest BCUT2D eigenvalue weighted by molar-refractivity contribution is 0.619. The molecule has 0 radical (unpaired) electrons. The van der Waals surface area contributed by atoms with E-state index in [1.807, 2.05) is 43.5 Å². The molecule has 3 aromatic carbocycles. The van der Waals surface area contributed by atoms with E-state index < -0.39 is 0 Å². The van der Waals surface area contributed by atoms with Crippen molar-refractivity contribution in [3.8, 4) is 0 Å². The lowest BCUT2D eigenvalue weighted by atomic mass is 9.99. The Morgan fingerprint density at radius 2 is 1.91 bits per heavy atom. The maximum Gasteiger partial charge on any atom is 0.128 e. The molecule has 0 fully saturated rings. The highest BCUT2D eigenvalue weighted by atomic mass is 19.1. The van der Waals surface area contributed by atoms with Crippen LogP contribution in [0.15, 0.2) is 83.6 Å². The van der Waals surface area contributed by atoms with E-state index in [0.717, 1.165) is 28.2 Å². The van der Waals surface area contributed by atoms with Gasteiger partial charge in [0.2, 0.25) is 0 Å². The van der Waals surface area contributed by atoms with Crippen LogP contribution in [0.3, 0.4) is 0 Å². The van der Waals surface area contributed by atoms with Crippen LogP contribution in [0.5, 0.6) is 0 Å².